The lowest BCUT2D eigenvalue weighted by Gasteiger charge is -2.23. The third kappa shape index (κ3) is 6.09. The zero-order chi connectivity index (χ0) is 25.3. The van der Waals surface area contributed by atoms with Crippen molar-refractivity contribution in [3.63, 3.8) is 0 Å². The van der Waals surface area contributed by atoms with E-state index in [-0.39, 0.29) is 17.7 Å². The first-order valence-electron chi connectivity index (χ1n) is 11.0. The molecule has 8 nitrogen and oxygen atoms in total. The monoisotopic (exact) mass is 503 g/mol. The number of esters is 3. The van der Waals surface area contributed by atoms with E-state index in [4.69, 9.17) is 31.2 Å². The van der Waals surface area contributed by atoms with Crippen molar-refractivity contribution < 1.29 is 33.3 Å². The van der Waals surface area contributed by atoms with E-state index in [1.54, 1.807) is 91.0 Å². The first-order chi connectivity index (χ1) is 17.6. The van der Waals surface area contributed by atoms with E-state index in [9.17, 15) is 14.4 Å². The summed E-state index contributed by atoms with van der Waals surface area (Å²) < 4.78 is 22.7. The molecule has 3 aromatic rings. The first-order valence-corrected chi connectivity index (χ1v) is 11.4. The number of rotatable bonds is 8. The maximum absolute atomic E-state index is 12.9. The van der Waals surface area contributed by atoms with E-state index >= 15 is 0 Å². The molecule has 0 unspecified atom stereocenters. The van der Waals surface area contributed by atoms with Crippen molar-refractivity contribution in [2.24, 2.45) is 4.99 Å². The minimum Gasteiger partial charge on any atom is -0.459 e. The van der Waals surface area contributed by atoms with Crippen molar-refractivity contribution in [1.29, 1.82) is 0 Å². The van der Waals surface area contributed by atoms with E-state index in [2.05, 4.69) is 10.2 Å². The van der Waals surface area contributed by atoms with Crippen LogP contribution in [0.4, 0.5) is 0 Å². The highest BCUT2D eigenvalue weighted by molar-refractivity contribution is 7.78. The van der Waals surface area contributed by atoms with Crippen molar-refractivity contribution in [3.8, 4) is 0 Å². The minimum absolute atomic E-state index is 0.285. The quantitative estimate of drug-likeness (QED) is 0.196. The van der Waals surface area contributed by atoms with Gasteiger partial charge in [0.05, 0.1) is 21.9 Å². The second kappa shape index (κ2) is 12.0. The van der Waals surface area contributed by atoms with Crippen LogP contribution in [0.15, 0.2) is 96.0 Å². The predicted octanol–water partition coefficient (Wildman–Crippen LogP) is 4.12. The lowest BCUT2D eigenvalue weighted by atomic mass is 10.1. The van der Waals surface area contributed by atoms with Gasteiger partial charge in [0, 0.05) is 0 Å². The lowest BCUT2D eigenvalue weighted by Crippen LogP contribution is -2.41. The molecule has 0 spiro atoms. The number of hydrogen-bond acceptors (Lipinski definition) is 9. The molecule has 0 N–H and O–H groups in total. The van der Waals surface area contributed by atoms with Crippen molar-refractivity contribution in [3.05, 3.63) is 108 Å². The number of nitrogens with zero attached hydrogens (tertiary/aromatic N) is 1. The van der Waals surface area contributed by atoms with Crippen molar-refractivity contribution in [2.75, 3.05) is 6.61 Å². The Hall–Kier alpha value is -4.17. The Kier molecular flexibility index (Phi) is 8.31. The summed E-state index contributed by atoms with van der Waals surface area (Å²) in [6.45, 7) is -0.288. The van der Waals surface area contributed by atoms with Crippen LogP contribution < -0.4 is 0 Å². The molecule has 0 amide bonds. The molecule has 36 heavy (non-hydrogen) atoms. The molecule has 1 heterocycles. The lowest BCUT2D eigenvalue weighted by molar-refractivity contribution is -0.0445. The summed E-state index contributed by atoms with van der Waals surface area (Å²) in [4.78, 5) is 42.1. The van der Waals surface area contributed by atoms with Crippen LogP contribution in [-0.4, -0.2) is 54.2 Å². The Morgan fingerprint density at radius 2 is 1.17 bits per heavy atom. The molecule has 3 aromatic carbocycles. The molecule has 1 fully saturated rings. The number of carbonyl (C=O) groups is 3. The van der Waals surface area contributed by atoms with Gasteiger partial charge in [-0.1, -0.05) is 54.6 Å². The largest absolute Gasteiger partial charge is 0.459 e. The number of ether oxygens (including phenoxy) is 4. The Balaban J connectivity index is 1.58. The molecule has 0 aromatic heterocycles. The van der Waals surface area contributed by atoms with Gasteiger partial charge < -0.3 is 18.9 Å². The Morgan fingerprint density at radius 1 is 0.722 bits per heavy atom. The average molecular weight is 504 g/mol. The summed E-state index contributed by atoms with van der Waals surface area (Å²) in [5.74, 6) is -1.93. The van der Waals surface area contributed by atoms with Gasteiger partial charge in [0.25, 0.3) is 0 Å². The van der Waals surface area contributed by atoms with Gasteiger partial charge in [0.2, 0.25) is 0 Å². The SMILES string of the molecule is O=C(OC[C@H]1O[C@@H](N=C=S)[C@H](OC(=O)c2ccccc2)[C@H]1OC(=O)c1ccccc1)c1ccccc1. The van der Waals surface area contributed by atoms with Gasteiger partial charge in [-0.05, 0) is 48.6 Å². The first kappa shape index (κ1) is 24.9. The van der Waals surface area contributed by atoms with Crippen LogP contribution in [0, 0.1) is 0 Å². The number of benzene rings is 3. The number of isothiocyanates is 1. The predicted molar refractivity (Wildman–Crippen MR) is 132 cm³/mol. The summed E-state index contributed by atoms with van der Waals surface area (Å²) in [5.41, 5.74) is 0.913. The van der Waals surface area contributed by atoms with E-state index in [0.717, 1.165) is 0 Å². The van der Waals surface area contributed by atoms with Crippen molar-refractivity contribution in [1.82, 2.24) is 0 Å². The van der Waals surface area contributed by atoms with Crippen LogP contribution in [0.3, 0.4) is 0 Å². The maximum atomic E-state index is 12.9. The zero-order valence-electron chi connectivity index (χ0n) is 18.9. The number of carbonyl (C=O) groups excluding carboxylic acids is 3. The second-order valence-corrected chi connectivity index (χ2v) is 7.90. The Bertz CT molecular complexity index is 1250. The van der Waals surface area contributed by atoms with Crippen molar-refractivity contribution >= 4 is 35.3 Å². The number of aliphatic imine (C=N–C) groups is 1. The van der Waals surface area contributed by atoms with Gasteiger partial charge in [0.15, 0.2) is 18.4 Å². The fourth-order valence-corrected chi connectivity index (χ4v) is 3.72. The minimum atomic E-state index is -1.17. The fraction of sp³-hybridized carbons (Fsp3) is 0.185. The maximum Gasteiger partial charge on any atom is 0.338 e. The molecule has 0 aliphatic carbocycles. The third-order valence-electron chi connectivity index (χ3n) is 5.36. The highest BCUT2D eigenvalue weighted by Gasteiger charge is 2.50. The topological polar surface area (TPSA) is 100 Å². The highest BCUT2D eigenvalue weighted by atomic mass is 32.1. The van der Waals surface area contributed by atoms with Gasteiger partial charge in [0.1, 0.15) is 12.7 Å². The smallest absolute Gasteiger partial charge is 0.338 e. The molecule has 1 saturated heterocycles. The zero-order valence-corrected chi connectivity index (χ0v) is 19.7. The fourth-order valence-electron chi connectivity index (χ4n) is 3.61. The summed E-state index contributed by atoms with van der Waals surface area (Å²) >= 11 is 4.73. The summed E-state index contributed by atoms with van der Waals surface area (Å²) in [5, 5.41) is 2.21. The van der Waals surface area contributed by atoms with Gasteiger partial charge in [-0.2, -0.15) is 4.99 Å². The van der Waals surface area contributed by atoms with Crippen LogP contribution in [0.2, 0.25) is 0 Å². The molecule has 4 rings (SSSR count). The normalized spacial score (nSPS) is 20.6. The Labute approximate surface area is 212 Å². The molecular weight excluding hydrogens is 482 g/mol. The van der Waals surface area contributed by atoms with Crippen molar-refractivity contribution in [2.45, 2.75) is 24.5 Å². The van der Waals surface area contributed by atoms with E-state index in [0.29, 0.717) is 5.56 Å². The van der Waals surface area contributed by atoms with Crippen LogP contribution >= 0.6 is 12.2 Å². The molecule has 182 valence electrons. The van der Waals surface area contributed by atoms with E-state index in [1.807, 2.05) is 0 Å². The van der Waals surface area contributed by atoms with E-state index < -0.39 is 42.4 Å². The molecule has 4 atom stereocenters. The van der Waals surface area contributed by atoms with Gasteiger partial charge in [-0.3, -0.25) is 0 Å². The highest BCUT2D eigenvalue weighted by Crippen LogP contribution is 2.30. The molecule has 0 bridgehead atoms. The third-order valence-corrected chi connectivity index (χ3v) is 5.46. The summed E-state index contributed by atoms with van der Waals surface area (Å²) in [6.07, 6.45) is -4.42. The van der Waals surface area contributed by atoms with Crippen LogP contribution in [-0.2, 0) is 18.9 Å². The van der Waals surface area contributed by atoms with E-state index in [1.165, 1.54) is 0 Å². The van der Waals surface area contributed by atoms with Gasteiger partial charge in [-0.25, -0.2) is 14.4 Å². The number of hydrogen-bond donors (Lipinski definition) is 0. The standard InChI is InChI=1S/C27H21NO7S/c29-25(18-10-4-1-5-11-18)32-16-21-22(34-26(30)19-12-6-2-7-13-19)23(24(33-21)28-17-36)35-27(31)20-14-8-3-9-15-20/h1-15,21-24H,16H2/t21-,22+,23-,24-/m1/s1. The molecule has 0 saturated carbocycles. The molecular formula is C27H21NO7S. The summed E-state index contributed by atoms with van der Waals surface area (Å²) in [6, 6.07) is 25.0. The number of thiocarbonyl (C=S) groups is 1. The molecule has 1 aliphatic rings. The summed E-state index contributed by atoms with van der Waals surface area (Å²) in [7, 11) is 0. The Morgan fingerprint density at radius 3 is 1.64 bits per heavy atom. The van der Waals surface area contributed by atoms with Crippen LogP contribution in [0.25, 0.3) is 0 Å². The molecule has 0 radical (unpaired) electrons. The van der Waals surface area contributed by atoms with Gasteiger partial charge in [-0.15, -0.1) is 0 Å². The second-order valence-electron chi connectivity index (χ2n) is 7.72. The van der Waals surface area contributed by atoms with Gasteiger partial charge >= 0.3 is 17.9 Å². The average Bonchev–Trinajstić information content (AvgIpc) is 3.24. The molecule has 1 aliphatic heterocycles. The molecule has 9 heteroatoms. The van der Waals surface area contributed by atoms with Crippen LogP contribution in [0.1, 0.15) is 31.1 Å². The van der Waals surface area contributed by atoms with Crippen LogP contribution in [0.5, 0.6) is 0 Å².